The minimum atomic E-state index is -4.26. The lowest BCUT2D eigenvalue weighted by Crippen LogP contribution is -2.82. The van der Waals surface area contributed by atoms with Crippen LogP contribution in [0, 0.1) is 29.6 Å². The molecule has 5 fully saturated rings. The molecule has 50 heavy (non-hydrogen) atoms. The van der Waals surface area contributed by atoms with Crippen LogP contribution in [0.5, 0.6) is 0 Å². The van der Waals surface area contributed by atoms with Crippen LogP contribution < -0.4 is 10.6 Å². The fourth-order valence-electron chi connectivity index (χ4n) is 9.29. The van der Waals surface area contributed by atoms with Gasteiger partial charge < -0.3 is 15.2 Å². The summed E-state index contributed by atoms with van der Waals surface area (Å²) in [6, 6.07) is 10.6. The molecule has 264 valence electrons. The summed E-state index contributed by atoms with van der Waals surface area (Å²) < 4.78 is 41.1. The van der Waals surface area contributed by atoms with E-state index < -0.39 is 12.6 Å². The molecule has 1 atom stereocenters. The third kappa shape index (κ3) is 6.03. The molecule has 3 aromatic heterocycles. The van der Waals surface area contributed by atoms with Crippen molar-refractivity contribution in [3.8, 4) is 6.07 Å². The highest BCUT2D eigenvalue weighted by molar-refractivity contribution is 7.18. The highest BCUT2D eigenvalue weighted by Gasteiger charge is 2.74. The van der Waals surface area contributed by atoms with E-state index in [4.69, 9.17) is 0 Å². The summed E-state index contributed by atoms with van der Waals surface area (Å²) in [5, 5.41) is 18.8. The molecule has 3 aliphatic carbocycles. The van der Waals surface area contributed by atoms with E-state index in [1.165, 1.54) is 30.3 Å². The van der Waals surface area contributed by atoms with Crippen molar-refractivity contribution < 1.29 is 18.0 Å². The number of rotatable bonds is 10. The number of carbonyl (C=O) groups excluding carboxylic acids is 1. The Morgan fingerprint density at radius 3 is 2.54 bits per heavy atom. The second kappa shape index (κ2) is 12.5. The van der Waals surface area contributed by atoms with E-state index in [9.17, 15) is 23.2 Å². The van der Waals surface area contributed by atoms with Crippen LogP contribution in [0.1, 0.15) is 67.1 Å². The van der Waals surface area contributed by atoms with Gasteiger partial charge in [-0.2, -0.15) is 18.4 Å². The van der Waals surface area contributed by atoms with Crippen LogP contribution in [0.3, 0.4) is 0 Å². The number of nitrogens with one attached hydrogen (secondary N) is 2. The average molecular weight is 705 g/mol. The minimum Gasteiger partial charge on any atom is -0.367 e. The number of thiophene rings is 1. The first-order valence-corrected chi connectivity index (χ1v) is 18.6. The largest absolute Gasteiger partial charge is 0.393 e. The Labute approximate surface area is 293 Å². The van der Waals surface area contributed by atoms with E-state index in [0.717, 1.165) is 87.2 Å². The number of nitriles is 1. The molecule has 9 rings (SSSR count). The highest BCUT2D eigenvalue weighted by Crippen LogP contribution is 2.72. The van der Waals surface area contributed by atoms with Crippen LogP contribution in [0.4, 0.5) is 19.0 Å². The van der Waals surface area contributed by atoms with Gasteiger partial charge in [-0.15, -0.1) is 11.3 Å². The van der Waals surface area contributed by atoms with E-state index in [2.05, 4.69) is 67.0 Å². The van der Waals surface area contributed by atoms with Gasteiger partial charge in [-0.05, 0) is 99.2 Å². The van der Waals surface area contributed by atoms with E-state index in [1.54, 1.807) is 6.07 Å². The number of hydrogen-bond donors (Lipinski definition) is 2. The SMILES string of the molecule is Cc1c(CN2CCC(Nc3ncnc4sc(CC(F)(F)F)cc34)CC2)ccc2c1cc(C#N)n2CC12CC(NC(=O)CN3CCCC3)(C1)[C@H]2C. The lowest BCUT2D eigenvalue weighted by atomic mass is 9.33. The zero-order chi connectivity index (χ0) is 34.8. The van der Waals surface area contributed by atoms with Crippen molar-refractivity contribution in [2.75, 3.05) is 38.0 Å². The zero-order valence-corrected chi connectivity index (χ0v) is 29.4. The first-order valence-electron chi connectivity index (χ1n) is 17.8. The van der Waals surface area contributed by atoms with Gasteiger partial charge in [0.25, 0.3) is 0 Å². The van der Waals surface area contributed by atoms with Crippen molar-refractivity contribution in [2.45, 2.75) is 89.6 Å². The van der Waals surface area contributed by atoms with Gasteiger partial charge in [-0.25, -0.2) is 9.97 Å². The number of fused-ring (bicyclic) bond motifs is 2. The molecular weight excluding hydrogens is 662 g/mol. The van der Waals surface area contributed by atoms with E-state index in [1.807, 2.05) is 6.07 Å². The van der Waals surface area contributed by atoms with E-state index >= 15 is 0 Å². The molecule has 2 saturated heterocycles. The average Bonchev–Trinajstić information content (AvgIpc) is 3.81. The van der Waals surface area contributed by atoms with Crippen LogP contribution in [0.15, 0.2) is 30.6 Å². The molecule has 0 spiro atoms. The molecule has 2 N–H and O–H groups in total. The lowest BCUT2D eigenvalue weighted by molar-refractivity contribution is -0.228. The van der Waals surface area contributed by atoms with Gasteiger partial charge in [0, 0.05) is 53.5 Å². The Morgan fingerprint density at radius 2 is 1.84 bits per heavy atom. The molecule has 4 aromatic rings. The molecule has 9 nitrogen and oxygen atoms in total. The maximum absolute atomic E-state index is 13.0. The number of anilines is 1. The number of carbonyl (C=O) groups is 1. The molecule has 13 heteroatoms. The second-order valence-corrected chi connectivity index (χ2v) is 16.4. The molecule has 0 radical (unpaired) electrons. The fraction of sp³-hybridized carbons (Fsp3) is 0.568. The molecule has 2 bridgehead atoms. The summed E-state index contributed by atoms with van der Waals surface area (Å²) in [7, 11) is 0. The third-order valence-electron chi connectivity index (χ3n) is 12.2. The standard InChI is InChI=1S/C37H43F3N8OS/c1-23-25(17-47-11-7-26(8-12-47)44-33-30-14-28(15-37(38,39)40)50-34(30)43-22-42-33)5-6-31-29(23)13-27(16-41)48(31)21-35-19-36(20-35,24(35)2)45-32(49)18-46-9-3-4-10-46/h5-6,13-14,22,24,26H,3-4,7-12,15,17-21H2,1-2H3,(H,45,49)(H,42,43,44)/t24-,35?,36?/m0/s1. The zero-order valence-electron chi connectivity index (χ0n) is 28.6. The van der Waals surface area contributed by atoms with Gasteiger partial charge in [-0.1, -0.05) is 13.0 Å². The predicted octanol–water partition coefficient (Wildman–Crippen LogP) is 6.39. The Balaban J connectivity index is 0.892. The highest BCUT2D eigenvalue weighted by atomic mass is 32.1. The number of likely N-dealkylation sites (tertiary alicyclic amines) is 2. The summed E-state index contributed by atoms with van der Waals surface area (Å²) in [4.78, 5) is 26.9. The van der Waals surface area contributed by atoms with E-state index in [-0.39, 0.29) is 27.8 Å². The predicted molar refractivity (Wildman–Crippen MR) is 188 cm³/mol. The molecule has 1 aromatic carbocycles. The number of benzene rings is 1. The molecule has 1 amide bonds. The molecule has 2 aliphatic heterocycles. The van der Waals surface area contributed by atoms with Gasteiger partial charge in [-0.3, -0.25) is 14.6 Å². The number of aromatic nitrogens is 3. The topological polar surface area (TPSA) is 102 Å². The van der Waals surface area contributed by atoms with Gasteiger partial charge in [0.2, 0.25) is 5.91 Å². The maximum atomic E-state index is 13.0. The molecular formula is C37H43F3N8OS. The number of hydrogen-bond acceptors (Lipinski definition) is 8. The molecule has 0 unspecified atom stereocenters. The Hall–Kier alpha value is -3.73. The maximum Gasteiger partial charge on any atom is 0.393 e. The third-order valence-corrected chi connectivity index (χ3v) is 13.2. The van der Waals surface area contributed by atoms with Gasteiger partial charge in [0.05, 0.1) is 18.4 Å². The molecule has 3 saturated carbocycles. The summed E-state index contributed by atoms with van der Waals surface area (Å²) >= 11 is 1.07. The quantitative estimate of drug-likeness (QED) is 0.197. The first kappa shape index (κ1) is 33.4. The number of piperidine rings is 1. The fourth-order valence-corrected chi connectivity index (χ4v) is 10.3. The van der Waals surface area contributed by atoms with Crippen molar-refractivity contribution >= 4 is 44.2 Å². The van der Waals surface area contributed by atoms with Gasteiger partial charge >= 0.3 is 6.18 Å². The van der Waals surface area contributed by atoms with Crippen molar-refractivity contribution in [3.05, 3.63) is 52.3 Å². The lowest BCUT2D eigenvalue weighted by Gasteiger charge is -2.76. The Kier molecular flexibility index (Phi) is 8.35. The number of amides is 1. The summed E-state index contributed by atoms with van der Waals surface area (Å²) in [5.74, 6) is 1.12. The van der Waals surface area contributed by atoms with Crippen LogP contribution in [-0.2, 0) is 24.3 Å². The van der Waals surface area contributed by atoms with Crippen molar-refractivity contribution in [1.82, 2.24) is 29.7 Å². The Bertz CT molecular complexity index is 1980. The first-order chi connectivity index (χ1) is 23.9. The number of halogens is 3. The van der Waals surface area contributed by atoms with Gasteiger partial charge in [0.1, 0.15) is 28.7 Å². The van der Waals surface area contributed by atoms with Crippen molar-refractivity contribution in [3.63, 3.8) is 0 Å². The number of nitrogens with zero attached hydrogens (tertiary/aromatic N) is 6. The smallest absolute Gasteiger partial charge is 0.367 e. The van der Waals surface area contributed by atoms with Crippen LogP contribution in [0.25, 0.3) is 21.1 Å². The Morgan fingerprint density at radius 1 is 1.08 bits per heavy atom. The van der Waals surface area contributed by atoms with Crippen molar-refractivity contribution in [2.24, 2.45) is 11.3 Å². The van der Waals surface area contributed by atoms with Gasteiger partial charge in [0.15, 0.2) is 0 Å². The second-order valence-electron chi connectivity index (χ2n) is 15.3. The molecule has 5 aliphatic rings. The number of aryl methyl sites for hydroxylation is 1. The van der Waals surface area contributed by atoms with Crippen molar-refractivity contribution in [1.29, 1.82) is 5.26 Å². The summed E-state index contributed by atoms with van der Waals surface area (Å²) in [6.45, 7) is 10.3. The van der Waals surface area contributed by atoms with Crippen LogP contribution in [0.2, 0.25) is 0 Å². The summed E-state index contributed by atoms with van der Waals surface area (Å²) in [5.41, 5.74) is 4.24. The normalized spacial score (nSPS) is 25.8. The minimum absolute atomic E-state index is 0.0935. The summed E-state index contributed by atoms with van der Waals surface area (Å²) in [6.07, 6.45) is 2.27. The van der Waals surface area contributed by atoms with Crippen LogP contribution >= 0.6 is 11.3 Å². The van der Waals surface area contributed by atoms with Crippen LogP contribution in [-0.4, -0.2) is 80.7 Å². The van der Waals surface area contributed by atoms with E-state index in [0.29, 0.717) is 34.2 Å². The monoisotopic (exact) mass is 704 g/mol. The molecule has 5 heterocycles. The number of alkyl halides is 3.